The first-order valence-corrected chi connectivity index (χ1v) is 10.3. The molecule has 3 aromatic rings. The molecule has 1 aliphatic rings. The number of aliphatic carboxylic acids is 1. The zero-order chi connectivity index (χ0) is 22.9. The summed E-state index contributed by atoms with van der Waals surface area (Å²) in [7, 11) is 0. The predicted octanol–water partition coefficient (Wildman–Crippen LogP) is 5.61. The van der Waals surface area contributed by atoms with Crippen molar-refractivity contribution in [1.29, 1.82) is 5.26 Å². The smallest absolute Gasteiger partial charge is 0.362 e. The van der Waals surface area contributed by atoms with Gasteiger partial charge in [0.1, 0.15) is 0 Å². The summed E-state index contributed by atoms with van der Waals surface area (Å²) >= 11 is 6.28. The summed E-state index contributed by atoms with van der Waals surface area (Å²) in [6, 6.07) is 21.5. The Hall–Kier alpha value is -3.69. The number of halogens is 2. The molecule has 1 fully saturated rings. The van der Waals surface area contributed by atoms with Crippen LogP contribution in [0.15, 0.2) is 72.8 Å². The van der Waals surface area contributed by atoms with Crippen LogP contribution in [0.1, 0.15) is 40.4 Å². The number of carbonyl (C=O) groups is 2. The third-order valence-electron chi connectivity index (χ3n) is 5.73. The highest BCUT2D eigenvalue weighted by Gasteiger charge is 2.56. The van der Waals surface area contributed by atoms with Crippen molar-refractivity contribution < 1.29 is 19.1 Å². The number of likely N-dealkylation sites (tertiary alicyclic amines) is 1. The maximum atomic E-state index is 15.6. The lowest BCUT2D eigenvalue weighted by atomic mass is 9.97. The Morgan fingerprint density at radius 3 is 2.44 bits per heavy atom. The van der Waals surface area contributed by atoms with Gasteiger partial charge in [0.05, 0.1) is 17.7 Å². The van der Waals surface area contributed by atoms with Gasteiger partial charge >= 0.3 is 5.97 Å². The van der Waals surface area contributed by atoms with Crippen molar-refractivity contribution in [2.24, 2.45) is 0 Å². The Morgan fingerprint density at radius 1 is 1.09 bits per heavy atom. The van der Waals surface area contributed by atoms with Gasteiger partial charge in [0.2, 0.25) is 0 Å². The Kier molecular flexibility index (Phi) is 5.68. The average molecular weight is 449 g/mol. The molecule has 1 heterocycles. The lowest BCUT2D eigenvalue weighted by Gasteiger charge is -2.33. The predicted molar refractivity (Wildman–Crippen MR) is 118 cm³/mol. The number of amides is 1. The van der Waals surface area contributed by atoms with Gasteiger partial charge in [0, 0.05) is 17.0 Å². The molecule has 0 spiro atoms. The third-order valence-corrected chi connectivity index (χ3v) is 6.07. The first-order valence-electron chi connectivity index (χ1n) is 9.97. The van der Waals surface area contributed by atoms with Crippen molar-refractivity contribution in [2.45, 2.75) is 24.7 Å². The van der Waals surface area contributed by atoms with Crippen molar-refractivity contribution >= 4 is 23.5 Å². The van der Waals surface area contributed by atoms with Crippen LogP contribution in [0.2, 0.25) is 5.02 Å². The SMILES string of the molecule is N#Cc1cc(C(=O)N2[C@@H](c3ccccc3Cl)CC[C@]2(F)C(=O)O)ccc1-c1ccccc1. The van der Waals surface area contributed by atoms with E-state index >= 15 is 4.39 Å². The molecule has 7 heteroatoms. The van der Waals surface area contributed by atoms with E-state index in [2.05, 4.69) is 6.07 Å². The van der Waals surface area contributed by atoms with E-state index in [1.165, 1.54) is 12.1 Å². The van der Waals surface area contributed by atoms with Crippen LogP contribution in [0.4, 0.5) is 4.39 Å². The summed E-state index contributed by atoms with van der Waals surface area (Å²) < 4.78 is 15.6. The van der Waals surface area contributed by atoms with Gasteiger partial charge in [0.15, 0.2) is 0 Å². The number of carbonyl (C=O) groups excluding carboxylic acids is 1. The second-order valence-electron chi connectivity index (χ2n) is 7.55. The number of hydrogen-bond donors (Lipinski definition) is 1. The normalized spacial score (nSPS) is 20.0. The monoisotopic (exact) mass is 448 g/mol. The second kappa shape index (κ2) is 8.45. The van der Waals surface area contributed by atoms with E-state index < -0.39 is 23.7 Å². The van der Waals surface area contributed by atoms with Gasteiger partial charge < -0.3 is 5.11 Å². The van der Waals surface area contributed by atoms with Gasteiger partial charge in [-0.25, -0.2) is 9.18 Å². The highest BCUT2D eigenvalue weighted by molar-refractivity contribution is 6.31. The molecule has 2 atom stereocenters. The van der Waals surface area contributed by atoms with Gasteiger partial charge in [0.25, 0.3) is 11.7 Å². The number of rotatable bonds is 4. The number of carboxylic acid groups (broad SMARTS) is 1. The van der Waals surface area contributed by atoms with E-state index in [1.54, 1.807) is 30.3 Å². The lowest BCUT2D eigenvalue weighted by Crippen LogP contribution is -2.50. The van der Waals surface area contributed by atoms with E-state index in [1.807, 2.05) is 30.3 Å². The summed E-state index contributed by atoms with van der Waals surface area (Å²) in [6.45, 7) is 0. The third kappa shape index (κ3) is 3.61. The van der Waals surface area contributed by atoms with Crippen LogP contribution in [0.5, 0.6) is 0 Å². The van der Waals surface area contributed by atoms with Gasteiger partial charge in [-0.05, 0) is 41.3 Å². The number of hydrogen-bond acceptors (Lipinski definition) is 3. The van der Waals surface area contributed by atoms with Crippen molar-refractivity contribution in [3.05, 3.63) is 94.5 Å². The molecule has 0 aromatic heterocycles. The van der Waals surface area contributed by atoms with Gasteiger partial charge in [-0.3, -0.25) is 9.69 Å². The maximum absolute atomic E-state index is 15.6. The van der Waals surface area contributed by atoms with Crippen LogP contribution >= 0.6 is 11.6 Å². The highest BCUT2D eigenvalue weighted by atomic mass is 35.5. The molecular weight excluding hydrogens is 431 g/mol. The number of nitrogens with zero attached hydrogens (tertiary/aromatic N) is 2. The van der Waals surface area contributed by atoms with E-state index in [0.717, 1.165) is 10.5 Å². The Bertz CT molecular complexity index is 1240. The van der Waals surface area contributed by atoms with Crippen LogP contribution < -0.4 is 0 Å². The van der Waals surface area contributed by atoms with Crippen LogP contribution in [0.25, 0.3) is 11.1 Å². The zero-order valence-electron chi connectivity index (χ0n) is 16.8. The van der Waals surface area contributed by atoms with Crippen LogP contribution in [0.3, 0.4) is 0 Å². The minimum Gasteiger partial charge on any atom is -0.477 e. The van der Waals surface area contributed by atoms with Gasteiger partial charge in [-0.2, -0.15) is 5.26 Å². The number of nitriles is 1. The minimum atomic E-state index is -2.88. The summed E-state index contributed by atoms with van der Waals surface area (Å²) in [6.07, 6.45) is -0.261. The van der Waals surface area contributed by atoms with E-state index in [-0.39, 0.29) is 24.0 Å². The molecule has 32 heavy (non-hydrogen) atoms. The fraction of sp³-hybridized carbons (Fsp3) is 0.160. The molecule has 1 amide bonds. The molecule has 1 aliphatic heterocycles. The summed E-state index contributed by atoms with van der Waals surface area (Å²) in [5.41, 5.74) is 2.16. The molecule has 0 radical (unpaired) electrons. The molecule has 3 aromatic carbocycles. The summed E-state index contributed by atoms with van der Waals surface area (Å²) in [5, 5.41) is 19.6. The molecule has 0 aliphatic carbocycles. The summed E-state index contributed by atoms with van der Waals surface area (Å²) in [5.74, 6) is -5.43. The maximum Gasteiger partial charge on any atom is 0.362 e. The molecule has 5 nitrogen and oxygen atoms in total. The molecule has 0 bridgehead atoms. The largest absolute Gasteiger partial charge is 0.477 e. The Morgan fingerprint density at radius 2 is 1.78 bits per heavy atom. The van der Waals surface area contributed by atoms with Crippen molar-refractivity contribution in [2.75, 3.05) is 0 Å². The average Bonchev–Trinajstić information content (AvgIpc) is 3.17. The molecular formula is C25H18ClFN2O3. The minimum absolute atomic E-state index is 0.0310. The Labute approximate surface area is 189 Å². The summed E-state index contributed by atoms with van der Waals surface area (Å²) in [4.78, 5) is 26.0. The van der Waals surface area contributed by atoms with Crippen molar-refractivity contribution in [1.82, 2.24) is 4.90 Å². The zero-order valence-corrected chi connectivity index (χ0v) is 17.6. The number of carboxylic acids is 1. The quantitative estimate of drug-likeness (QED) is 0.526. The van der Waals surface area contributed by atoms with Gasteiger partial charge in [-0.1, -0.05) is 66.2 Å². The molecule has 1 saturated heterocycles. The Balaban J connectivity index is 1.79. The number of benzene rings is 3. The standard InChI is InChI=1S/C25H18ClFN2O3/c26-21-9-5-4-8-20(21)22-12-13-25(27,24(31)32)29(22)23(30)17-10-11-19(18(14-17)15-28)16-6-2-1-3-7-16/h1-11,14,22H,12-13H2,(H,31,32)/t22-,25-/m1/s1. The lowest BCUT2D eigenvalue weighted by molar-refractivity contribution is -0.160. The molecule has 0 unspecified atom stereocenters. The molecule has 1 N–H and O–H groups in total. The van der Waals surface area contributed by atoms with Crippen LogP contribution in [-0.4, -0.2) is 27.7 Å². The first kappa shape index (κ1) is 21.5. The fourth-order valence-electron chi connectivity index (χ4n) is 4.16. The first-order chi connectivity index (χ1) is 15.4. The fourth-order valence-corrected chi connectivity index (χ4v) is 4.42. The van der Waals surface area contributed by atoms with Crippen molar-refractivity contribution in [3.8, 4) is 17.2 Å². The van der Waals surface area contributed by atoms with Crippen LogP contribution in [-0.2, 0) is 4.79 Å². The topological polar surface area (TPSA) is 81.4 Å². The van der Waals surface area contributed by atoms with E-state index in [4.69, 9.17) is 11.6 Å². The number of alkyl halides is 1. The highest BCUT2D eigenvalue weighted by Crippen LogP contribution is 2.46. The molecule has 0 saturated carbocycles. The van der Waals surface area contributed by atoms with Crippen LogP contribution in [0, 0.1) is 11.3 Å². The molecule has 4 rings (SSSR count). The molecule has 160 valence electrons. The van der Waals surface area contributed by atoms with E-state index in [9.17, 15) is 20.0 Å². The van der Waals surface area contributed by atoms with Crippen molar-refractivity contribution in [3.63, 3.8) is 0 Å². The van der Waals surface area contributed by atoms with Gasteiger partial charge in [-0.15, -0.1) is 0 Å². The van der Waals surface area contributed by atoms with E-state index in [0.29, 0.717) is 16.1 Å². The second-order valence-corrected chi connectivity index (χ2v) is 7.96.